The van der Waals surface area contributed by atoms with Crippen molar-refractivity contribution in [3.8, 4) is 0 Å². The van der Waals surface area contributed by atoms with Crippen molar-refractivity contribution in [2.24, 2.45) is 7.05 Å². The molecule has 0 spiro atoms. The molecule has 0 saturated heterocycles. The highest BCUT2D eigenvalue weighted by Gasteiger charge is 2.25. The molecule has 2 heterocycles. The van der Waals surface area contributed by atoms with Crippen molar-refractivity contribution in [1.82, 2.24) is 15.1 Å². The third-order valence-electron chi connectivity index (χ3n) is 5.12. The second-order valence-electron chi connectivity index (χ2n) is 6.84. The Bertz CT molecular complexity index is 870. The van der Waals surface area contributed by atoms with Gasteiger partial charge >= 0.3 is 5.97 Å². The predicted octanol–water partition coefficient (Wildman–Crippen LogP) is 3.64. The molecule has 0 aromatic carbocycles. The summed E-state index contributed by atoms with van der Waals surface area (Å²) in [4.78, 5) is 13.7. The first-order chi connectivity index (χ1) is 12.9. The highest BCUT2D eigenvalue weighted by Crippen LogP contribution is 2.37. The van der Waals surface area contributed by atoms with Crippen LogP contribution in [-0.2, 0) is 31.2 Å². The second kappa shape index (κ2) is 8.39. The van der Waals surface area contributed by atoms with E-state index in [4.69, 9.17) is 17.0 Å². The second-order valence-corrected chi connectivity index (χ2v) is 8.35. The van der Waals surface area contributed by atoms with Gasteiger partial charge in [-0.25, -0.2) is 4.79 Å². The molecule has 0 atom stereocenters. The summed E-state index contributed by atoms with van der Waals surface area (Å²) in [6.07, 6.45) is 5.41. The van der Waals surface area contributed by atoms with Crippen molar-refractivity contribution in [1.29, 1.82) is 0 Å². The van der Waals surface area contributed by atoms with Crippen molar-refractivity contribution in [2.45, 2.75) is 52.5 Å². The Balaban J connectivity index is 1.76. The Morgan fingerprint density at radius 2 is 2.04 bits per heavy atom. The predicted molar refractivity (Wildman–Crippen MR) is 113 cm³/mol. The van der Waals surface area contributed by atoms with Crippen LogP contribution in [0.3, 0.4) is 0 Å². The third kappa shape index (κ3) is 4.16. The lowest BCUT2D eigenvalue weighted by atomic mass is 10.1. The fraction of sp³-hybridized carbons (Fsp3) is 0.526. The number of methoxy groups -OCH3 is 1. The molecule has 0 fully saturated rings. The zero-order valence-corrected chi connectivity index (χ0v) is 17.9. The molecule has 2 N–H and O–H groups in total. The van der Waals surface area contributed by atoms with Crippen LogP contribution >= 0.6 is 23.6 Å². The van der Waals surface area contributed by atoms with Gasteiger partial charge < -0.3 is 15.4 Å². The maximum Gasteiger partial charge on any atom is 0.341 e. The van der Waals surface area contributed by atoms with Crippen molar-refractivity contribution in [3.05, 3.63) is 33.0 Å². The Kier molecular flexibility index (Phi) is 6.16. The smallest absolute Gasteiger partial charge is 0.341 e. The number of carbonyl (C=O) groups excluding carboxylic acids is 1. The van der Waals surface area contributed by atoms with E-state index < -0.39 is 0 Å². The van der Waals surface area contributed by atoms with E-state index in [0.717, 1.165) is 53.2 Å². The summed E-state index contributed by atoms with van der Waals surface area (Å²) in [6.45, 7) is 4.63. The van der Waals surface area contributed by atoms with Gasteiger partial charge in [-0.3, -0.25) is 4.68 Å². The Labute approximate surface area is 169 Å². The number of nitrogens with one attached hydrogen (secondary N) is 2. The van der Waals surface area contributed by atoms with E-state index in [1.807, 2.05) is 25.6 Å². The quantitative estimate of drug-likeness (QED) is 0.459. The number of esters is 1. The van der Waals surface area contributed by atoms with Crippen LogP contribution in [0.5, 0.6) is 0 Å². The fourth-order valence-electron chi connectivity index (χ4n) is 3.54. The molecule has 27 heavy (non-hydrogen) atoms. The van der Waals surface area contributed by atoms with Gasteiger partial charge in [0, 0.05) is 29.7 Å². The van der Waals surface area contributed by atoms with E-state index in [1.165, 1.54) is 18.4 Å². The van der Waals surface area contributed by atoms with Crippen molar-refractivity contribution >= 4 is 39.6 Å². The lowest BCUT2D eigenvalue weighted by Crippen LogP contribution is -2.28. The average Bonchev–Trinajstić information content (AvgIpc) is 2.97. The highest BCUT2D eigenvalue weighted by atomic mass is 32.1. The number of carbonyl (C=O) groups is 1. The van der Waals surface area contributed by atoms with Gasteiger partial charge in [-0.1, -0.05) is 6.42 Å². The van der Waals surface area contributed by atoms with Gasteiger partial charge in [-0.05, 0) is 57.3 Å². The standard InChI is InChI=1S/C19H26N4O2S2/c1-11-14(12(2)23(3)22-11)10-20-19(26)21-17-16(18(24)25-4)13-8-6-5-7-9-15(13)27-17/h5-10H2,1-4H3,(H2,20,21,26). The molecule has 0 unspecified atom stereocenters. The van der Waals surface area contributed by atoms with E-state index in [0.29, 0.717) is 17.2 Å². The number of aryl methyl sites for hydroxylation is 3. The van der Waals surface area contributed by atoms with Gasteiger partial charge in [0.05, 0.1) is 18.4 Å². The molecule has 0 saturated carbocycles. The first kappa shape index (κ1) is 19.8. The maximum absolute atomic E-state index is 12.4. The average molecular weight is 407 g/mol. The van der Waals surface area contributed by atoms with Crippen molar-refractivity contribution in [2.75, 3.05) is 12.4 Å². The number of fused-ring (bicyclic) bond motifs is 1. The van der Waals surface area contributed by atoms with Crippen molar-refractivity contribution < 1.29 is 9.53 Å². The van der Waals surface area contributed by atoms with Gasteiger partial charge in [-0.2, -0.15) is 5.10 Å². The van der Waals surface area contributed by atoms with Crippen LogP contribution in [0.25, 0.3) is 0 Å². The number of ether oxygens (including phenoxy) is 1. The maximum atomic E-state index is 12.4. The lowest BCUT2D eigenvalue weighted by molar-refractivity contribution is 0.0601. The summed E-state index contributed by atoms with van der Waals surface area (Å²) in [7, 11) is 3.36. The van der Waals surface area contributed by atoms with Gasteiger partial charge in [0.25, 0.3) is 0 Å². The molecule has 1 aliphatic carbocycles. The molecular weight excluding hydrogens is 380 g/mol. The first-order valence-corrected chi connectivity index (χ1v) is 10.4. The molecular formula is C19H26N4O2S2. The number of thiophene rings is 1. The van der Waals surface area contributed by atoms with Crippen LogP contribution in [0, 0.1) is 13.8 Å². The summed E-state index contributed by atoms with van der Waals surface area (Å²) in [5.74, 6) is -0.293. The van der Waals surface area contributed by atoms with E-state index >= 15 is 0 Å². The molecule has 2 aromatic rings. The Morgan fingerprint density at radius 3 is 2.70 bits per heavy atom. The minimum Gasteiger partial charge on any atom is -0.465 e. The van der Waals surface area contributed by atoms with Crippen LogP contribution in [0.15, 0.2) is 0 Å². The Morgan fingerprint density at radius 1 is 1.30 bits per heavy atom. The zero-order valence-electron chi connectivity index (χ0n) is 16.3. The van der Waals surface area contributed by atoms with Crippen LogP contribution in [-0.4, -0.2) is 28.0 Å². The molecule has 0 amide bonds. The van der Waals surface area contributed by atoms with Gasteiger partial charge in [0.1, 0.15) is 5.00 Å². The molecule has 0 aliphatic heterocycles. The van der Waals surface area contributed by atoms with E-state index in [-0.39, 0.29) is 5.97 Å². The van der Waals surface area contributed by atoms with E-state index in [2.05, 4.69) is 15.7 Å². The number of anilines is 1. The number of rotatable bonds is 4. The molecule has 0 bridgehead atoms. The lowest BCUT2D eigenvalue weighted by Gasteiger charge is -2.11. The summed E-state index contributed by atoms with van der Waals surface area (Å²) >= 11 is 7.11. The number of aromatic nitrogens is 2. The van der Waals surface area contributed by atoms with Crippen LogP contribution in [0.2, 0.25) is 0 Å². The SMILES string of the molecule is COC(=O)c1c(NC(=S)NCc2c(C)nn(C)c2C)sc2c1CCCCC2. The highest BCUT2D eigenvalue weighted by molar-refractivity contribution is 7.80. The van der Waals surface area contributed by atoms with Crippen LogP contribution in [0.4, 0.5) is 5.00 Å². The number of hydrogen-bond donors (Lipinski definition) is 2. The number of thiocarbonyl (C=S) groups is 1. The summed E-state index contributed by atoms with van der Waals surface area (Å²) in [5.41, 5.74) is 5.02. The minimum absolute atomic E-state index is 0.293. The topological polar surface area (TPSA) is 68.2 Å². The van der Waals surface area contributed by atoms with Gasteiger partial charge in [0.15, 0.2) is 5.11 Å². The molecule has 146 valence electrons. The number of nitrogens with zero attached hydrogens (tertiary/aromatic N) is 2. The molecule has 6 nitrogen and oxygen atoms in total. The Hall–Kier alpha value is -1.93. The van der Waals surface area contributed by atoms with Crippen molar-refractivity contribution in [3.63, 3.8) is 0 Å². The fourth-order valence-corrected chi connectivity index (χ4v) is 5.06. The van der Waals surface area contributed by atoms with E-state index in [1.54, 1.807) is 11.3 Å². The monoisotopic (exact) mass is 406 g/mol. The van der Waals surface area contributed by atoms with Gasteiger partial charge in [0.2, 0.25) is 0 Å². The molecule has 1 aliphatic rings. The zero-order chi connectivity index (χ0) is 19.6. The normalized spacial score (nSPS) is 13.6. The molecule has 0 radical (unpaired) electrons. The van der Waals surface area contributed by atoms with Crippen LogP contribution in [0.1, 0.15) is 57.0 Å². The summed E-state index contributed by atoms with van der Waals surface area (Å²) < 4.78 is 6.91. The largest absolute Gasteiger partial charge is 0.465 e. The number of hydrogen-bond acceptors (Lipinski definition) is 5. The van der Waals surface area contributed by atoms with Gasteiger partial charge in [-0.15, -0.1) is 11.3 Å². The van der Waals surface area contributed by atoms with E-state index in [9.17, 15) is 4.79 Å². The third-order valence-corrected chi connectivity index (χ3v) is 6.58. The molecule has 8 heteroatoms. The summed E-state index contributed by atoms with van der Waals surface area (Å²) in [5, 5.41) is 12.2. The summed E-state index contributed by atoms with van der Waals surface area (Å²) in [6, 6.07) is 0. The first-order valence-electron chi connectivity index (χ1n) is 9.19. The van der Waals surface area contributed by atoms with Crippen LogP contribution < -0.4 is 10.6 Å². The molecule has 3 rings (SSSR count). The minimum atomic E-state index is -0.293. The molecule has 2 aromatic heterocycles.